The first-order chi connectivity index (χ1) is 7.56. The molecule has 2 heteroatoms. The van der Waals surface area contributed by atoms with Gasteiger partial charge in [0.2, 0.25) is 0 Å². The highest BCUT2D eigenvalue weighted by atomic mass is 14.8. The molecule has 0 aromatic carbocycles. The molecule has 0 unspecified atom stereocenters. The smallest absolute Gasteiger partial charge is 0.0744 e. The van der Waals surface area contributed by atoms with Gasteiger partial charge in [-0.25, -0.2) is 0 Å². The normalized spacial score (nSPS) is 14.2. The monoisotopic (exact) mass is 218 g/mol. The molecule has 16 heavy (non-hydrogen) atoms. The van der Waals surface area contributed by atoms with E-state index in [9.17, 15) is 0 Å². The summed E-state index contributed by atoms with van der Waals surface area (Å²) in [7, 11) is 0. The lowest BCUT2D eigenvalue weighted by molar-refractivity contribution is 0.816. The predicted octanol–water partition coefficient (Wildman–Crippen LogP) is 2.81. The molecule has 0 aromatic heterocycles. The van der Waals surface area contributed by atoms with Crippen molar-refractivity contribution < 1.29 is 0 Å². The fourth-order valence-electron chi connectivity index (χ4n) is 1.23. The molecular formula is C14H22N2. The Hall–Kier alpha value is -1.38. The molecule has 0 aliphatic carbocycles. The molecule has 88 valence electrons. The second kappa shape index (κ2) is 7.85. The highest BCUT2D eigenvalue weighted by Gasteiger charge is 2.01. The van der Waals surface area contributed by atoms with Gasteiger partial charge in [0.1, 0.15) is 0 Å². The molecule has 0 heterocycles. The molecule has 0 radical (unpaired) electrons. The largest absolute Gasteiger partial charge is 0.313 e. The van der Waals surface area contributed by atoms with Crippen molar-refractivity contribution in [1.29, 1.82) is 0 Å². The number of hydrogen-bond acceptors (Lipinski definition) is 2. The molecule has 4 N–H and O–H groups in total. The van der Waals surface area contributed by atoms with Crippen LogP contribution in [0.25, 0.3) is 0 Å². The maximum atomic E-state index is 5.61. The molecule has 0 fully saturated rings. The van der Waals surface area contributed by atoms with Crippen LogP contribution in [0.5, 0.6) is 0 Å². The van der Waals surface area contributed by atoms with Gasteiger partial charge in [-0.2, -0.15) is 0 Å². The molecule has 0 bridgehead atoms. The summed E-state index contributed by atoms with van der Waals surface area (Å²) in [4.78, 5) is 0. The van der Waals surface area contributed by atoms with Gasteiger partial charge in [-0.1, -0.05) is 50.5 Å². The SMILES string of the molecule is C=C/C=C(C=C)/C(=C/CC)/C=C(\C)C(N)N. The Balaban J connectivity index is 5.25. The quantitative estimate of drug-likeness (QED) is 0.532. The zero-order valence-corrected chi connectivity index (χ0v) is 10.2. The maximum Gasteiger partial charge on any atom is 0.0744 e. The zero-order valence-electron chi connectivity index (χ0n) is 10.2. The first-order valence-electron chi connectivity index (χ1n) is 5.41. The molecule has 0 spiro atoms. The first-order valence-corrected chi connectivity index (χ1v) is 5.41. The predicted molar refractivity (Wildman–Crippen MR) is 72.8 cm³/mol. The van der Waals surface area contributed by atoms with Crippen LogP contribution in [0.1, 0.15) is 20.3 Å². The van der Waals surface area contributed by atoms with E-state index >= 15 is 0 Å². The van der Waals surface area contributed by atoms with Gasteiger partial charge >= 0.3 is 0 Å². The van der Waals surface area contributed by atoms with Crippen LogP contribution in [0.4, 0.5) is 0 Å². The van der Waals surface area contributed by atoms with Crippen molar-refractivity contribution in [2.45, 2.75) is 26.4 Å². The second-order valence-corrected chi connectivity index (χ2v) is 3.54. The van der Waals surface area contributed by atoms with Crippen LogP contribution in [0.15, 0.2) is 60.3 Å². The molecule has 0 saturated carbocycles. The fourth-order valence-corrected chi connectivity index (χ4v) is 1.23. The van der Waals surface area contributed by atoms with E-state index in [0.717, 1.165) is 23.1 Å². The van der Waals surface area contributed by atoms with Crippen molar-refractivity contribution in [3.8, 4) is 0 Å². The third-order valence-electron chi connectivity index (χ3n) is 2.18. The van der Waals surface area contributed by atoms with E-state index in [1.807, 2.05) is 19.1 Å². The minimum atomic E-state index is -0.421. The number of hydrogen-bond donors (Lipinski definition) is 2. The van der Waals surface area contributed by atoms with Gasteiger partial charge in [0.05, 0.1) is 6.17 Å². The van der Waals surface area contributed by atoms with Gasteiger partial charge in [-0.05, 0) is 30.1 Å². The van der Waals surface area contributed by atoms with E-state index in [2.05, 4.69) is 26.2 Å². The lowest BCUT2D eigenvalue weighted by Crippen LogP contribution is -2.31. The Kier molecular flexibility index (Phi) is 7.18. The highest BCUT2D eigenvalue weighted by molar-refractivity contribution is 5.48. The maximum absolute atomic E-state index is 5.61. The van der Waals surface area contributed by atoms with Crippen molar-refractivity contribution in [2.75, 3.05) is 0 Å². The minimum Gasteiger partial charge on any atom is -0.313 e. The molecule has 0 atom stereocenters. The van der Waals surface area contributed by atoms with E-state index < -0.39 is 6.17 Å². The molecular weight excluding hydrogens is 196 g/mol. The van der Waals surface area contributed by atoms with Crippen LogP contribution >= 0.6 is 0 Å². The summed E-state index contributed by atoms with van der Waals surface area (Å²) in [6, 6.07) is 0. The fraction of sp³-hybridized carbons (Fsp3) is 0.286. The summed E-state index contributed by atoms with van der Waals surface area (Å²) in [5.74, 6) is 0. The topological polar surface area (TPSA) is 52.0 Å². The third kappa shape index (κ3) is 4.91. The van der Waals surface area contributed by atoms with Gasteiger partial charge in [0, 0.05) is 0 Å². The standard InChI is InChI=1S/C14H22N2/c1-5-8-12(7-3)13(9-6-2)10-11(4)14(15)16/h5,7-10,14H,1,3,6,15-16H2,2,4H3/b11-10+,12-8+,13-9+. The van der Waals surface area contributed by atoms with Crippen molar-refractivity contribution >= 4 is 0 Å². The lowest BCUT2D eigenvalue weighted by atomic mass is 10.0. The third-order valence-corrected chi connectivity index (χ3v) is 2.18. The van der Waals surface area contributed by atoms with Gasteiger partial charge in [0.15, 0.2) is 0 Å². The highest BCUT2D eigenvalue weighted by Crippen LogP contribution is 2.16. The van der Waals surface area contributed by atoms with Crippen molar-refractivity contribution in [2.24, 2.45) is 11.5 Å². The van der Waals surface area contributed by atoms with Crippen LogP contribution in [-0.2, 0) is 0 Å². The summed E-state index contributed by atoms with van der Waals surface area (Å²) in [6.07, 6.45) is 10.1. The Morgan fingerprint density at radius 1 is 1.25 bits per heavy atom. The molecule has 0 saturated heterocycles. The van der Waals surface area contributed by atoms with E-state index in [1.165, 1.54) is 0 Å². The summed E-state index contributed by atoms with van der Waals surface area (Å²) in [5.41, 5.74) is 14.3. The second-order valence-electron chi connectivity index (χ2n) is 3.54. The molecule has 0 aliphatic rings. The Bertz CT molecular complexity index is 331. The zero-order chi connectivity index (χ0) is 12.6. The molecule has 0 rings (SSSR count). The minimum absolute atomic E-state index is 0.421. The molecule has 0 aliphatic heterocycles. The summed E-state index contributed by atoms with van der Waals surface area (Å²) >= 11 is 0. The summed E-state index contributed by atoms with van der Waals surface area (Å²) in [6.45, 7) is 11.5. The summed E-state index contributed by atoms with van der Waals surface area (Å²) in [5, 5.41) is 0. The Labute approximate surface area is 98.7 Å². The van der Waals surface area contributed by atoms with E-state index in [0.29, 0.717) is 0 Å². The van der Waals surface area contributed by atoms with Crippen molar-refractivity contribution in [3.05, 3.63) is 60.3 Å². The van der Waals surface area contributed by atoms with E-state index in [1.54, 1.807) is 12.2 Å². The lowest BCUT2D eigenvalue weighted by Gasteiger charge is -2.09. The van der Waals surface area contributed by atoms with Crippen LogP contribution in [0.3, 0.4) is 0 Å². The molecule has 0 amide bonds. The summed E-state index contributed by atoms with van der Waals surface area (Å²) < 4.78 is 0. The Morgan fingerprint density at radius 3 is 2.25 bits per heavy atom. The van der Waals surface area contributed by atoms with Crippen molar-refractivity contribution in [3.63, 3.8) is 0 Å². The van der Waals surface area contributed by atoms with Crippen LogP contribution in [0.2, 0.25) is 0 Å². The van der Waals surface area contributed by atoms with E-state index in [-0.39, 0.29) is 0 Å². The number of allylic oxidation sites excluding steroid dienone is 7. The first kappa shape index (κ1) is 14.6. The Morgan fingerprint density at radius 2 is 1.88 bits per heavy atom. The van der Waals surface area contributed by atoms with E-state index in [4.69, 9.17) is 11.5 Å². The van der Waals surface area contributed by atoms with Crippen molar-refractivity contribution in [1.82, 2.24) is 0 Å². The van der Waals surface area contributed by atoms with Crippen LogP contribution in [-0.4, -0.2) is 6.17 Å². The number of rotatable bonds is 6. The average Bonchev–Trinajstić information content (AvgIpc) is 2.25. The molecule has 2 nitrogen and oxygen atoms in total. The van der Waals surface area contributed by atoms with Gasteiger partial charge in [-0.15, -0.1) is 0 Å². The average molecular weight is 218 g/mol. The van der Waals surface area contributed by atoms with Gasteiger partial charge in [-0.3, -0.25) is 0 Å². The van der Waals surface area contributed by atoms with Crippen LogP contribution in [0, 0.1) is 0 Å². The van der Waals surface area contributed by atoms with Crippen LogP contribution < -0.4 is 11.5 Å². The van der Waals surface area contributed by atoms with Gasteiger partial charge < -0.3 is 11.5 Å². The van der Waals surface area contributed by atoms with Gasteiger partial charge in [0.25, 0.3) is 0 Å². The molecule has 0 aromatic rings. The number of nitrogens with two attached hydrogens (primary N) is 2.